The quantitative estimate of drug-likeness (QED) is 0.480. The summed E-state index contributed by atoms with van der Waals surface area (Å²) >= 11 is 13.3. The van der Waals surface area contributed by atoms with Gasteiger partial charge in [0.1, 0.15) is 0 Å². The molecular formula is C17H12Cl2F3N3S. The van der Waals surface area contributed by atoms with E-state index in [1.807, 2.05) is 0 Å². The molecule has 0 saturated heterocycles. The lowest BCUT2D eigenvalue weighted by Gasteiger charge is -2.08. The number of hydrogen-bond acceptors (Lipinski definition) is 3. The molecule has 3 aromatic rings. The van der Waals surface area contributed by atoms with Gasteiger partial charge in [-0.1, -0.05) is 53.2 Å². The lowest BCUT2D eigenvalue weighted by molar-refractivity contribution is -0.137. The second-order valence-corrected chi connectivity index (χ2v) is 7.24. The first-order valence-corrected chi connectivity index (χ1v) is 9.13. The van der Waals surface area contributed by atoms with E-state index in [0.717, 1.165) is 17.7 Å². The summed E-state index contributed by atoms with van der Waals surface area (Å²) in [6, 6.07) is 10.4. The van der Waals surface area contributed by atoms with E-state index in [1.54, 1.807) is 35.9 Å². The smallest absolute Gasteiger partial charge is 0.305 e. The average Bonchev–Trinajstić information content (AvgIpc) is 2.96. The van der Waals surface area contributed by atoms with Crippen LogP contribution in [0.5, 0.6) is 0 Å². The third-order valence-corrected chi connectivity index (χ3v) is 5.47. The number of halogens is 5. The zero-order chi connectivity index (χ0) is 18.9. The predicted molar refractivity (Wildman–Crippen MR) is 97.5 cm³/mol. The largest absolute Gasteiger partial charge is 0.416 e. The van der Waals surface area contributed by atoms with E-state index in [4.69, 9.17) is 23.2 Å². The number of benzene rings is 2. The first kappa shape index (κ1) is 19.1. The Kier molecular flexibility index (Phi) is 5.50. The molecule has 0 aliphatic heterocycles. The van der Waals surface area contributed by atoms with Crippen molar-refractivity contribution in [2.75, 3.05) is 0 Å². The standard InChI is InChI=1S/C17H12Cl2F3N3S/c1-25-15(11-5-6-13(18)14(19)8-11)23-24-16(25)26-9-10-3-2-4-12(7-10)17(20,21)22/h2-8H,9H2,1H3. The van der Waals surface area contributed by atoms with Crippen LogP contribution in [0.25, 0.3) is 11.4 Å². The van der Waals surface area contributed by atoms with Crippen LogP contribution in [0.4, 0.5) is 13.2 Å². The molecule has 0 amide bonds. The number of alkyl halides is 3. The van der Waals surface area contributed by atoms with Crippen LogP contribution in [0.15, 0.2) is 47.6 Å². The Labute approximate surface area is 162 Å². The first-order valence-electron chi connectivity index (χ1n) is 7.39. The fraction of sp³-hybridized carbons (Fsp3) is 0.176. The molecule has 2 aromatic carbocycles. The number of rotatable bonds is 4. The van der Waals surface area contributed by atoms with Gasteiger partial charge in [-0.15, -0.1) is 10.2 Å². The van der Waals surface area contributed by atoms with Crippen LogP contribution in [-0.4, -0.2) is 14.8 Å². The molecule has 0 atom stereocenters. The Morgan fingerprint density at radius 1 is 1.04 bits per heavy atom. The molecule has 1 aromatic heterocycles. The van der Waals surface area contributed by atoms with Crippen molar-refractivity contribution in [1.82, 2.24) is 14.8 Å². The highest BCUT2D eigenvalue weighted by molar-refractivity contribution is 7.98. The highest BCUT2D eigenvalue weighted by atomic mass is 35.5. The van der Waals surface area contributed by atoms with Crippen LogP contribution < -0.4 is 0 Å². The molecular weight excluding hydrogens is 406 g/mol. The Bertz CT molecular complexity index is 941. The Morgan fingerprint density at radius 2 is 1.81 bits per heavy atom. The van der Waals surface area contributed by atoms with Crippen LogP contribution >= 0.6 is 35.0 Å². The molecule has 9 heteroatoms. The maximum atomic E-state index is 12.8. The van der Waals surface area contributed by atoms with Crippen molar-refractivity contribution in [3.63, 3.8) is 0 Å². The number of nitrogens with zero attached hydrogens (tertiary/aromatic N) is 3. The highest BCUT2D eigenvalue weighted by Gasteiger charge is 2.30. The third-order valence-electron chi connectivity index (χ3n) is 3.63. The Hall–Kier alpha value is -1.70. The fourth-order valence-electron chi connectivity index (χ4n) is 2.31. The number of aromatic nitrogens is 3. The number of hydrogen-bond donors (Lipinski definition) is 0. The molecule has 0 N–H and O–H groups in total. The summed E-state index contributed by atoms with van der Waals surface area (Å²) < 4.78 is 40.1. The van der Waals surface area contributed by atoms with Gasteiger partial charge in [-0.2, -0.15) is 13.2 Å². The van der Waals surface area contributed by atoms with Crippen molar-refractivity contribution >= 4 is 35.0 Å². The van der Waals surface area contributed by atoms with Crippen LogP contribution in [-0.2, 0) is 19.0 Å². The molecule has 0 spiro atoms. The Morgan fingerprint density at radius 3 is 2.50 bits per heavy atom. The van der Waals surface area contributed by atoms with Gasteiger partial charge in [-0.25, -0.2) is 0 Å². The van der Waals surface area contributed by atoms with Crippen molar-refractivity contribution in [2.24, 2.45) is 7.05 Å². The maximum Gasteiger partial charge on any atom is 0.416 e. The molecule has 0 fully saturated rings. The monoisotopic (exact) mass is 417 g/mol. The minimum Gasteiger partial charge on any atom is -0.305 e. The third kappa shape index (κ3) is 4.16. The van der Waals surface area contributed by atoms with Crippen LogP contribution in [0, 0.1) is 0 Å². The molecule has 0 aliphatic rings. The maximum absolute atomic E-state index is 12.8. The molecule has 136 valence electrons. The van der Waals surface area contributed by atoms with Gasteiger partial charge in [0.05, 0.1) is 15.6 Å². The van der Waals surface area contributed by atoms with E-state index in [2.05, 4.69) is 10.2 Å². The van der Waals surface area contributed by atoms with E-state index in [-0.39, 0.29) is 0 Å². The van der Waals surface area contributed by atoms with Gasteiger partial charge < -0.3 is 4.57 Å². The van der Waals surface area contributed by atoms with E-state index < -0.39 is 11.7 Å². The molecule has 0 aliphatic carbocycles. The van der Waals surface area contributed by atoms with E-state index >= 15 is 0 Å². The van der Waals surface area contributed by atoms with Gasteiger partial charge >= 0.3 is 6.18 Å². The van der Waals surface area contributed by atoms with Crippen molar-refractivity contribution in [3.05, 3.63) is 63.6 Å². The minimum absolute atomic E-state index is 0.345. The fourth-order valence-corrected chi connectivity index (χ4v) is 3.46. The zero-order valence-electron chi connectivity index (χ0n) is 13.4. The SMILES string of the molecule is Cn1c(SCc2cccc(C(F)(F)F)c2)nnc1-c1ccc(Cl)c(Cl)c1. The summed E-state index contributed by atoms with van der Waals surface area (Å²) in [4.78, 5) is 0. The Balaban J connectivity index is 1.78. The average molecular weight is 418 g/mol. The second kappa shape index (κ2) is 7.50. The predicted octanol–water partition coefficient (Wildman–Crippen LogP) is 6.10. The normalized spacial score (nSPS) is 11.8. The van der Waals surface area contributed by atoms with Crippen molar-refractivity contribution in [2.45, 2.75) is 17.1 Å². The highest BCUT2D eigenvalue weighted by Crippen LogP contribution is 2.32. The van der Waals surface area contributed by atoms with Crippen LogP contribution in [0.3, 0.4) is 0 Å². The van der Waals surface area contributed by atoms with Crippen LogP contribution in [0.1, 0.15) is 11.1 Å². The summed E-state index contributed by atoms with van der Waals surface area (Å²) in [5.74, 6) is 0.937. The van der Waals surface area contributed by atoms with E-state index in [1.165, 1.54) is 17.8 Å². The summed E-state index contributed by atoms with van der Waals surface area (Å²) in [6.45, 7) is 0. The summed E-state index contributed by atoms with van der Waals surface area (Å²) in [5.41, 5.74) is 0.647. The topological polar surface area (TPSA) is 30.7 Å². The molecule has 26 heavy (non-hydrogen) atoms. The molecule has 0 saturated carbocycles. The van der Waals surface area contributed by atoms with E-state index in [9.17, 15) is 13.2 Å². The first-order chi connectivity index (χ1) is 12.3. The lowest BCUT2D eigenvalue weighted by atomic mass is 10.1. The molecule has 0 unspecified atom stereocenters. The van der Waals surface area contributed by atoms with Gasteiger partial charge in [-0.05, 0) is 29.8 Å². The van der Waals surface area contributed by atoms with Crippen LogP contribution in [0.2, 0.25) is 10.0 Å². The molecule has 1 heterocycles. The summed E-state index contributed by atoms with van der Waals surface area (Å²) in [7, 11) is 1.78. The van der Waals surface area contributed by atoms with Gasteiger partial charge in [0, 0.05) is 18.4 Å². The summed E-state index contributed by atoms with van der Waals surface area (Å²) in [6.07, 6.45) is -4.35. The van der Waals surface area contributed by atoms with Crippen molar-refractivity contribution in [1.29, 1.82) is 0 Å². The second-order valence-electron chi connectivity index (χ2n) is 5.48. The molecule has 3 nitrogen and oxygen atoms in total. The molecule has 3 rings (SSSR count). The van der Waals surface area contributed by atoms with E-state index in [0.29, 0.717) is 32.3 Å². The van der Waals surface area contributed by atoms with Gasteiger partial charge in [-0.3, -0.25) is 0 Å². The van der Waals surface area contributed by atoms with Crippen molar-refractivity contribution in [3.8, 4) is 11.4 Å². The van der Waals surface area contributed by atoms with Gasteiger partial charge in [0.25, 0.3) is 0 Å². The van der Waals surface area contributed by atoms with Gasteiger partial charge in [0.15, 0.2) is 11.0 Å². The molecule has 0 radical (unpaired) electrons. The van der Waals surface area contributed by atoms with Gasteiger partial charge in [0.2, 0.25) is 0 Å². The van der Waals surface area contributed by atoms with Crippen molar-refractivity contribution < 1.29 is 13.2 Å². The minimum atomic E-state index is -4.35. The number of thioether (sulfide) groups is 1. The lowest BCUT2D eigenvalue weighted by Crippen LogP contribution is -2.05. The summed E-state index contributed by atoms with van der Waals surface area (Å²) in [5, 5.41) is 9.68. The zero-order valence-corrected chi connectivity index (χ0v) is 15.7. The molecule has 0 bridgehead atoms.